The van der Waals surface area contributed by atoms with Crippen molar-refractivity contribution in [2.45, 2.75) is 144 Å². The Labute approximate surface area is 258 Å². The zero-order valence-electron chi connectivity index (χ0n) is 27.8. The zero-order chi connectivity index (χ0) is 31.9. The van der Waals surface area contributed by atoms with Crippen LogP contribution in [0.1, 0.15) is 120 Å². The predicted molar refractivity (Wildman–Crippen MR) is 161 cm³/mol. The van der Waals surface area contributed by atoms with Gasteiger partial charge in [0.15, 0.2) is 0 Å². The minimum atomic E-state index is -0.897. The van der Waals surface area contributed by atoms with Gasteiger partial charge >= 0.3 is 23.9 Å². The Balaban J connectivity index is 1.52. The van der Waals surface area contributed by atoms with E-state index in [4.69, 9.17) is 18.9 Å². The third kappa shape index (κ3) is 6.68. The second kappa shape index (κ2) is 12.5. The van der Waals surface area contributed by atoms with Gasteiger partial charge in [-0.3, -0.25) is 19.2 Å². The van der Waals surface area contributed by atoms with Crippen molar-refractivity contribution in [2.24, 2.45) is 40.4 Å². The van der Waals surface area contributed by atoms with Crippen molar-refractivity contribution in [3.8, 4) is 0 Å². The Bertz CT molecular complexity index is 1120. The lowest BCUT2D eigenvalue weighted by atomic mass is 9.46. The van der Waals surface area contributed by atoms with E-state index in [1.807, 2.05) is 13.8 Å². The van der Waals surface area contributed by atoms with Crippen LogP contribution in [0.15, 0.2) is 11.6 Å². The van der Waals surface area contributed by atoms with Gasteiger partial charge in [0, 0.05) is 46.0 Å². The van der Waals surface area contributed by atoms with Crippen molar-refractivity contribution in [2.75, 3.05) is 0 Å². The highest BCUT2D eigenvalue weighted by Crippen LogP contribution is 2.67. The van der Waals surface area contributed by atoms with Crippen molar-refractivity contribution in [3.63, 3.8) is 0 Å². The molecule has 0 aromatic carbocycles. The molecule has 3 saturated carbocycles. The number of hydrogen-bond donors (Lipinski definition) is 0. The molecule has 0 amide bonds. The van der Waals surface area contributed by atoms with E-state index in [1.165, 1.54) is 46.1 Å². The van der Waals surface area contributed by atoms with Crippen molar-refractivity contribution in [3.05, 3.63) is 11.6 Å². The van der Waals surface area contributed by atoms with Gasteiger partial charge in [0.05, 0.1) is 0 Å². The van der Waals surface area contributed by atoms with Crippen molar-refractivity contribution in [1.82, 2.24) is 0 Å². The minimum Gasteiger partial charge on any atom is -0.462 e. The van der Waals surface area contributed by atoms with E-state index in [1.54, 1.807) is 0 Å². The van der Waals surface area contributed by atoms with E-state index >= 15 is 0 Å². The number of esters is 4. The highest BCUT2D eigenvalue weighted by Gasteiger charge is 2.62. The third-order valence-corrected chi connectivity index (χ3v) is 11.9. The molecule has 0 bridgehead atoms. The highest BCUT2D eigenvalue weighted by atomic mass is 16.6. The third-order valence-electron chi connectivity index (χ3n) is 11.9. The molecule has 242 valence electrons. The summed E-state index contributed by atoms with van der Waals surface area (Å²) in [5.74, 6) is 1.17. The van der Waals surface area contributed by atoms with Crippen LogP contribution in [-0.2, 0) is 38.1 Å². The van der Waals surface area contributed by atoms with Gasteiger partial charge < -0.3 is 18.9 Å². The molecule has 43 heavy (non-hydrogen) atoms. The topological polar surface area (TPSA) is 105 Å². The Hall–Kier alpha value is -2.38. The molecule has 4 aliphatic rings. The van der Waals surface area contributed by atoms with Crippen LogP contribution in [0.25, 0.3) is 0 Å². The molecule has 0 saturated heterocycles. The maximum absolute atomic E-state index is 12.3. The monoisotopic (exact) mass is 602 g/mol. The van der Waals surface area contributed by atoms with Crippen LogP contribution in [0.2, 0.25) is 0 Å². The maximum atomic E-state index is 12.3. The average molecular weight is 603 g/mol. The van der Waals surface area contributed by atoms with Crippen molar-refractivity contribution < 1.29 is 38.1 Å². The van der Waals surface area contributed by atoms with E-state index in [2.05, 4.69) is 26.8 Å². The van der Waals surface area contributed by atoms with Gasteiger partial charge in [0.25, 0.3) is 0 Å². The summed E-state index contributed by atoms with van der Waals surface area (Å²) in [5.41, 5.74) is 0.342. The molecule has 0 radical (unpaired) electrons. The lowest BCUT2D eigenvalue weighted by molar-refractivity contribution is -0.179. The fraction of sp³-hybridized carbons (Fsp3) is 0.829. The number of rotatable bonds is 9. The van der Waals surface area contributed by atoms with Gasteiger partial charge in [0.2, 0.25) is 0 Å². The van der Waals surface area contributed by atoms with Crippen LogP contribution in [0.4, 0.5) is 0 Å². The second-order valence-corrected chi connectivity index (χ2v) is 15.0. The van der Waals surface area contributed by atoms with Crippen LogP contribution in [-0.4, -0.2) is 47.8 Å². The van der Waals surface area contributed by atoms with Crippen molar-refractivity contribution >= 4 is 23.9 Å². The largest absolute Gasteiger partial charge is 0.462 e. The quantitative estimate of drug-likeness (QED) is 0.163. The minimum absolute atomic E-state index is 0.205. The first-order valence-electron chi connectivity index (χ1n) is 16.4. The lowest BCUT2D eigenvalue weighted by Crippen LogP contribution is -2.57. The zero-order valence-corrected chi connectivity index (χ0v) is 27.8. The number of carbonyl (C=O) groups excluding carboxylic acids is 4. The van der Waals surface area contributed by atoms with Crippen LogP contribution in [0.5, 0.6) is 0 Å². The molecule has 0 aromatic heterocycles. The molecule has 0 N–H and O–H groups in total. The molecule has 8 nitrogen and oxygen atoms in total. The molecule has 4 aliphatic carbocycles. The molecule has 0 aromatic rings. The van der Waals surface area contributed by atoms with Crippen LogP contribution in [0.3, 0.4) is 0 Å². The van der Waals surface area contributed by atoms with E-state index in [9.17, 15) is 19.2 Å². The highest BCUT2D eigenvalue weighted by molar-refractivity contribution is 5.68. The number of carbonyl (C=O) groups is 4. The summed E-state index contributed by atoms with van der Waals surface area (Å²) in [6, 6.07) is 0. The number of ether oxygens (including phenoxy) is 4. The fourth-order valence-electron chi connectivity index (χ4n) is 10.1. The van der Waals surface area contributed by atoms with Gasteiger partial charge in [0.1, 0.15) is 23.9 Å². The molecule has 3 fully saturated rings. The molecule has 0 heterocycles. The van der Waals surface area contributed by atoms with Gasteiger partial charge in [-0.2, -0.15) is 0 Å². The second-order valence-electron chi connectivity index (χ2n) is 15.0. The summed E-state index contributed by atoms with van der Waals surface area (Å²) in [6.45, 7) is 16.5. The van der Waals surface area contributed by atoms with Gasteiger partial charge in [-0.15, -0.1) is 0 Å². The summed E-state index contributed by atoms with van der Waals surface area (Å²) in [4.78, 5) is 47.7. The van der Waals surface area contributed by atoms with Gasteiger partial charge in [-0.05, 0) is 93.8 Å². The molecule has 4 rings (SSSR count). The van der Waals surface area contributed by atoms with Gasteiger partial charge in [-0.25, -0.2) is 0 Å². The molecular weight excluding hydrogens is 548 g/mol. The predicted octanol–water partition coefficient (Wildman–Crippen LogP) is 6.73. The van der Waals surface area contributed by atoms with E-state index in [-0.39, 0.29) is 46.9 Å². The molecular formula is C35H54O8. The summed E-state index contributed by atoms with van der Waals surface area (Å²) in [6.07, 6.45) is 9.70. The maximum Gasteiger partial charge on any atom is 0.303 e. The van der Waals surface area contributed by atoms with Gasteiger partial charge in [-0.1, -0.05) is 32.4 Å². The first-order chi connectivity index (χ1) is 20.0. The molecule has 0 spiro atoms. The van der Waals surface area contributed by atoms with E-state index < -0.39 is 11.7 Å². The smallest absolute Gasteiger partial charge is 0.303 e. The SMILES string of the molecule is CC(=O)O[C@@H]1CC2=CC[C@H]3[C@@H]4CC[C@H]([C@H](C)CC[C@@H](OC(C)=O)C(C)(C)OC(C)=O)[C@@]4(C)CC[C@@H]3[C@@]2(C)[C@@H](OC(C)=O)C1. The van der Waals surface area contributed by atoms with Crippen LogP contribution < -0.4 is 0 Å². The lowest BCUT2D eigenvalue weighted by Gasteiger charge is -2.60. The van der Waals surface area contributed by atoms with Crippen molar-refractivity contribution in [1.29, 1.82) is 0 Å². The number of hydrogen-bond acceptors (Lipinski definition) is 8. The number of allylic oxidation sites excluding steroid dienone is 1. The first-order valence-corrected chi connectivity index (χ1v) is 16.4. The normalized spacial score (nSPS) is 36.5. The summed E-state index contributed by atoms with van der Waals surface area (Å²) < 4.78 is 22.9. The fourth-order valence-corrected chi connectivity index (χ4v) is 10.1. The summed E-state index contributed by atoms with van der Waals surface area (Å²) in [7, 11) is 0. The standard InChI is InChI=1S/C35H54O8/c1-20(10-15-31(41-22(3)37)33(6,7)43-24(5)39)28-13-14-29-27-12-11-25-18-26(40-21(2)36)19-32(42-23(4)38)35(25,9)30(27)16-17-34(28,29)8/h11,20,26-32H,10,12-19H2,1-9H3/t20-,26-,27+,28-,29+,30+,31-,32+,34-,35+/m1/s1. The molecule has 8 heteroatoms. The average Bonchev–Trinajstić information content (AvgIpc) is 3.22. The Kier molecular flexibility index (Phi) is 9.78. The molecule has 0 aliphatic heterocycles. The summed E-state index contributed by atoms with van der Waals surface area (Å²) in [5, 5.41) is 0. The first kappa shape index (κ1) is 33.5. The summed E-state index contributed by atoms with van der Waals surface area (Å²) >= 11 is 0. The Morgan fingerprint density at radius 3 is 2.19 bits per heavy atom. The number of fused-ring (bicyclic) bond motifs is 5. The van der Waals surface area contributed by atoms with E-state index in [0.29, 0.717) is 48.9 Å². The molecule has 10 atom stereocenters. The van der Waals surface area contributed by atoms with Crippen LogP contribution >= 0.6 is 0 Å². The Morgan fingerprint density at radius 2 is 1.58 bits per heavy atom. The van der Waals surface area contributed by atoms with E-state index in [0.717, 1.165) is 25.7 Å². The Morgan fingerprint density at radius 1 is 0.907 bits per heavy atom. The van der Waals surface area contributed by atoms with Crippen LogP contribution in [0, 0.1) is 40.4 Å². The molecule has 0 unspecified atom stereocenters.